The third-order valence-electron chi connectivity index (χ3n) is 4.66. The average Bonchev–Trinajstić information content (AvgIpc) is 2.79. The molecule has 1 heterocycles. The van der Waals surface area contributed by atoms with Crippen LogP contribution in [0, 0.1) is 0 Å². The molecule has 1 atom stereocenters. The first-order valence-electron chi connectivity index (χ1n) is 8.10. The topological polar surface area (TPSA) is 70.1 Å². The van der Waals surface area contributed by atoms with E-state index in [4.69, 9.17) is 4.43 Å². The summed E-state index contributed by atoms with van der Waals surface area (Å²) in [6.45, 7) is 4.16. The van der Waals surface area contributed by atoms with E-state index in [0.717, 1.165) is 6.20 Å². The molecule has 144 valence electrons. The number of likely N-dealkylation sites (tertiary alicyclic amines) is 1. The second-order valence-electron chi connectivity index (χ2n) is 6.35. The van der Waals surface area contributed by atoms with Gasteiger partial charge in [-0.3, -0.25) is 9.69 Å². The first-order chi connectivity index (χ1) is 11.4. The standard InChI is InChI=1S/C15H25F3N2O4Si/c1-6-25(7-2,8-3)24-14(15(16,17)18)10-20(13(22)23)11(12(14)21)9-19(4)5/h9H,6-8,10H2,1-5H3,(H,22,23)/b11-9+. The van der Waals surface area contributed by atoms with E-state index in [1.54, 1.807) is 20.8 Å². The molecule has 6 nitrogen and oxygen atoms in total. The van der Waals surface area contributed by atoms with Crippen molar-refractivity contribution < 1.29 is 32.3 Å². The summed E-state index contributed by atoms with van der Waals surface area (Å²) < 4.78 is 47.5. The molecule has 0 saturated carbocycles. The van der Waals surface area contributed by atoms with Gasteiger partial charge in [0, 0.05) is 20.3 Å². The Hall–Kier alpha value is -1.55. The van der Waals surface area contributed by atoms with Crippen LogP contribution >= 0.6 is 0 Å². The Morgan fingerprint density at radius 2 is 1.80 bits per heavy atom. The van der Waals surface area contributed by atoms with Crippen molar-refractivity contribution in [2.45, 2.75) is 50.7 Å². The largest absolute Gasteiger partial charge is 0.465 e. The van der Waals surface area contributed by atoms with E-state index in [9.17, 15) is 27.9 Å². The Labute approximate surface area is 146 Å². The van der Waals surface area contributed by atoms with Crippen molar-refractivity contribution in [3.05, 3.63) is 11.9 Å². The molecule has 1 rings (SSSR count). The van der Waals surface area contributed by atoms with Crippen LogP contribution in [0.5, 0.6) is 0 Å². The van der Waals surface area contributed by atoms with Crippen LogP contribution < -0.4 is 0 Å². The summed E-state index contributed by atoms with van der Waals surface area (Å²) in [5, 5.41) is 9.28. The first kappa shape index (κ1) is 21.5. The van der Waals surface area contributed by atoms with Crippen molar-refractivity contribution in [3.63, 3.8) is 0 Å². The third kappa shape index (κ3) is 3.84. The maximum absolute atomic E-state index is 14.0. The van der Waals surface area contributed by atoms with Crippen LogP contribution in [0.2, 0.25) is 18.1 Å². The van der Waals surface area contributed by atoms with Crippen LogP contribution in [0.15, 0.2) is 11.9 Å². The Balaban J connectivity index is 3.55. The normalized spacial score (nSPS) is 23.4. The number of halogens is 3. The molecule has 1 aliphatic heterocycles. The number of nitrogens with zero attached hydrogens (tertiary/aromatic N) is 2. The predicted molar refractivity (Wildman–Crippen MR) is 88.6 cm³/mol. The number of carboxylic acid groups (broad SMARTS) is 1. The minimum absolute atomic E-state index is 0.408. The molecule has 0 aromatic rings. The van der Waals surface area contributed by atoms with Gasteiger partial charge in [0.25, 0.3) is 0 Å². The number of rotatable bonds is 6. The van der Waals surface area contributed by atoms with Gasteiger partial charge in [-0.25, -0.2) is 4.79 Å². The number of amides is 1. The number of carbonyl (C=O) groups excluding carboxylic acids is 1. The minimum atomic E-state index is -5.02. The van der Waals surface area contributed by atoms with Crippen LogP contribution in [0.4, 0.5) is 18.0 Å². The fourth-order valence-electron chi connectivity index (χ4n) is 2.94. The molecule has 0 aromatic heterocycles. The molecule has 1 N–H and O–H groups in total. The summed E-state index contributed by atoms with van der Waals surface area (Å²) in [4.78, 5) is 25.9. The molecule has 1 saturated heterocycles. The zero-order valence-corrected chi connectivity index (χ0v) is 16.1. The van der Waals surface area contributed by atoms with Gasteiger partial charge >= 0.3 is 12.3 Å². The van der Waals surface area contributed by atoms with Crippen molar-refractivity contribution in [1.29, 1.82) is 0 Å². The van der Waals surface area contributed by atoms with E-state index in [2.05, 4.69) is 0 Å². The molecule has 10 heteroatoms. The van der Waals surface area contributed by atoms with Gasteiger partial charge in [-0.1, -0.05) is 20.8 Å². The lowest BCUT2D eigenvalue weighted by molar-refractivity contribution is -0.238. The second-order valence-corrected chi connectivity index (χ2v) is 11.0. The smallest absolute Gasteiger partial charge is 0.425 e. The summed E-state index contributed by atoms with van der Waals surface area (Å²) in [5.74, 6) is -1.34. The summed E-state index contributed by atoms with van der Waals surface area (Å²) >= 11 is 0. The maximum atomic E-state index is 14.0. The lowest BCUT2D eigenvalue weighted by atomic mass is 10.0. The Morgan fingerprint density at radius 3 is 2.12 bits per heavy atom. The summed E-state index contributed by atoms with van der Waals surface area (Å²) in [6, 6.07) is 1.22. The highest BCUT2D eigenvalue weighted by Gasteiger charge is 2.69. The summed E-state index contributed by atoms with van der Waals surface area (Å²) in [6.07, 6.45) is -5.55. The van der Waals surface area contributed by atoms with Gasteiger partial charge in [-0.2, -0.15) is 13.2 Å². The lowest BCUT2D eigenvalue weighted by Crippen LogP contribution is -2.60. The summed E-state index contributed by atoms with van der Waals surface area (Å²) in [5.41, 5.74) is -3.66. The molecule has 25 heavy (non-hydrogen) atoms. The molecule has 0 bridgehead atoms. The zero-order chi connectivity index (χ0) is 19.6. The van der Waals surface area contributed by atoms with E-state index in [-0.39, 0.29) is 0 Å². The van der Waals surface area contributed by atoms with Gasteiger partial charge in [-0.15, -0.1) is 0 Å². The van der Waals surface area contributed by atoms with Crippen molar-refractivity contribution >= 4 is 20.2 Å². The second kappa shape index (κ2) is 7.36. The highest BCUT2D eigenvalue weighted by Crippen LogP contribution is 2.45. The molecule has 0 spiro atoms. The zero-order valence-electron chi connectivity index (χ0n) is 15.1. The molecule has 0 radical (unpaired) electrons. The van der Waals surface area contributed by atoms with Gasteiger partial charge < -0.3 is 14.4 Å². The quantitative estimate of drug-likeness (QED) is 0.564. The van der Waals surface area contributed by atoms with Gasteiger partial charge in [0.05, 0.1) is 6.54 Å². The number of hydrogen-bond donors (Lipinski definition) is 1. The predicted octanol–water partition coefficient (Wildman–Crippen LogP) is 3.28. The van der Waals surface area contributed by atoms with Crippen LogP contribution in [-0.4, -0.2) is 67.5 Å². The molecule has 1 unspecified atom stereocenters. The number of ketones is 1. The van der Waals surface area contributed by atoms with Gasteiger partial charge in [-0.05, 0) is 18.1 Å². The van der Waals surface area contributed by atoms with E-state index in [0.29, 0.717) is 23.0 Å². The molecule has 1 aliphatic rings. The van der Waals surface area contributed by atoms with E-state index in [1.165, 1.54) is 19.0 Å². The first-order valence-corrected chi connectivity index (χ1v) is 10.6. The fraction of sp³-hybridized carbons (Fsp3) is 0.733. The molecule has 1 amide bonds. The molecule has 0 aromatic carbocycles. The summed E-state index contributed by atoms with van der Waals surface area (Å²) in [7, 11) is 0.154. The van der Waals surface area contributed by atoms with Crippen molar-refractivity contribution in [3.8, 4) is 0 Å². The lowest BCUT2D eigenvalue weighted by Gasteiger charge is -2.39. The number of Topliss-reactive ketones (excluding diaryl/α,β-unsaturated/α-hetero) is 1. The highest BCUT2D eigenvalue weighted by atomic mass is 28.4. The Bertz CT molecular complexity index is 553. The van der Waals surface area contributed by atoms with E-state index >= 15 is 0 Å². The number of hydrogen-bond acceptors (Lipinski definition) is 4. The molecular weight excluding hydrogens is 357 g/mol. The molecular formula is C15H25F3N2O4Si. The van der Waals surface area contributed by atoms with Gasteiger partial charge in [0.1, 0.15) is 5.70 Å². The Kier molecular flexibility index (Phi) is 6.33. The number of carbonyl (C=O) groups is 2. The number of alkyl halides is 3. The monoisotopic (exact) mass is 382 g/mol. The van der Waals surface area contributed by atoms with Crippen molar-refractivity contribution in [2.75, 3.05) is 20.6 Å². The van der Waals surface area contributed by atoms with Crippen LogP contribution in [0.3, 0.4) is 0 Å². The maximum Gasteiger partial charge on any atom is 0.425 e. The van der Waals surface area contributed by atoms with E-state index < -0.39 is 44.2 Å². The molecule has 1 fully saturated rings. The fourth-order valence-corrected chi connectivity index (χ4v) is 5.89. The van der Waals surface area contributed by atoms with E-state index in [1.807, 2.05) is 0 Å². The van der Waals surface area contributed by atoms with Crippen LogP contribution in [0.1, 0.15) is 20.8 Å². The van der Waals surface area contributed by atoms with Crippen LogP contribution in [-0.2, 0) is 9.22 Å². The molecule has 0 aliphatic carbocycles. The van der Waals surface area contributed by atoms with Gasteiger partial charge in [0.2, 0.25) is 11.4 Å². The SMILES string of the molecule is CC[Si](CC)(CC)OC1(C(F)(F)F)CN(C(=O)O)/C(=C/N(C)C)C1=O. The highest BCUT2D eigenvalue weighted by molar-refractivity contribution is 6.73. The van der Waals surface area contributed by atoms with Crippen molar-refractivity contribution in [1.82, 2.24) is 9.80 Å². The average molecular weight is 382 g/mol. The third-order valence-corrected chi connectivity index (χ3v) is 9.31. The Morgan fingerprint density at radius 1 is 1.32 bits per heavy atom. The minimum Gasteiger partial charge on any atom is -0.465 e. The van der Waals surface area contributed by atoms with Crippen molar-refractivity contribution in [2.24, 2.45) is 0 Å². The van der Waals surface area contributed by atoms with Crippen LogP contribution in [0.25, 0.3) is 0 Å². The van der Waals surface area contributed by atoms with Gasteiger partial charge in [0.15, 0.2) is 8.32 Å².